The molecule has 1 atom stereocenters. The maximum absolute atomic E-state index is 14.3. The van der Waals surface area contributed by atoms with Crippen LogP contribution in [0.1, 0.15) is 43.1 Å². The van der Waals surface area contributed by atoms with E-state index < -0.39 is 34.8 Å². The molecule has 0 bridgehead atoms. The Bertz CT molecular complexity index is 698. The van der Waals surface area contributed by atoms with Gasteiger partial charge in [-0.1, -0.05) is 12.7 Å². The minimum absolute atomic E-state index is 0.0624. The minimum atomic E-state index is -0.927. The van der Waals surface area contributed by atoms with E-state index >= 15 is 0 Å². The highest BCUT2D eigenvalue weighted by Crippen LogP contribution is 2.22. The Morgan fingerprint density at radius 1 is 1.36 bits per heavy atom. The Hall–Kier alpha value is -2.44. The molecular formula is C18H22F2N2O3. The molecule has 136 valence electrons. The molecule has 0 spiro atoms. The fraction of sp³-hybridized carbons (Fsp3) is 0.444. The van der Waals surface area contributed by atoms with Crippen LogP contribution in [0.15, 0.2) is 18.7 Å². The van der Waals surface area contributed by atoms with Crippen LogP contribution in [0, 0.1) is 11.6 Å². The first-order valence-electron chi connectivity index (χ1n) is 8.01. The first kappa shape index (κ1) is 18.9. The Kier molecular flexibility index (Phi) is 5.45. The number of amides is 2. The summed E-state index contributed by atoms with van der Waals surface area (Å²) in [6.07, 6.45) is 1.12. The summed E-state index contributed by atoms with van der Waals surface area (Å²) in [6, 6.07) is 1.94. The van der Waals surface area contributed by atoms with Crippen molar-refractivity contribution in [3.05, 3.63) is 41.5 Å². The third kappa shape index (κ3) is 4.55. The summed E-state index contributed by atoms with van der Waals surface area (Å²) in [5.74, 6) is -2.59. The number of ether oxygens (including phenoxy) is 1. The lowest BCUT2D eigenvalue weighted by Gasteiger charge is -2.22. The van der Waals surface area contributed by atoms with E-state index in [1.165, 1.54) is 17.0 Å². The second kappa shape index (κ2) is 7.21. The van der Waals surface area contributed by atoms with E-state index in [1.807, 2.05) is 0 Å². The molecular weight excluding hydrogens is 330 g/mol. The number of alkyl carbamates (subject to hydrolysis) is 1. The lowest BCUT2D eigenvalue weighted by atomic mass is 10.1. The number of carbonyl (C=O) groups excluding carboxylic acids is 2. The Morgan fingerprint density at radius 3 is 2.64 bits per heavy atom. The molecule has 1 heterocycles. The number of carbonyl (C=O) groups is 2. The molecule has 1 aliphatic heterocycles. The standard InChI is InChI=1S/C18H22F2N2O3/c1-5-11-6-7-13(19)14(15(11)20)16(23)22-9-8-12(10-22)21-17(24)25-18(2,3)4/h5-7,12H,1,8-10H2,2-4H3,(H,21,24). The third-order valence-electron chi connectivity index (χ3n) is 3.75. The highest BCUT2D eigenvalue weighted by Gasteiger charge is 2.32. The maximum Gasteiger partial charge on any atom is 0.407 e. The Morgan fingerprint density at radius 2 is 2.04 bits per heavy atom. The largest absolute Gasteiger partial charge is 0.444 e. The molecule has 1 N–H and O–H groups in total. The van der Waals surface area contributed by atoms with Crippen molar-refractivity contribution < 1.29 is 23.1 Å². The van der Waals surface area contributed by atoms with Gasteiger partial charge in [0.15, 0.2) is 0 Å². The second-order valence-corrected chi connectivity index (χ2v) is 6.91. The zero-order chi connectivity index (χ0) is 18.8. The molecule has 1 aromatic carbocycles. The van der Waals surface area contributed by atoms with Crippen molar-refractivity contribution in [3.8, 4) is 0 Å². The van der Waals surface area contributed by atoms with Gasteiger partial charge >= 0.3 is 6.09 Å². The maximum atomic E-state index is 14.3. The van der Waals surface area contributed by atoms with Gasteiger partial charge in [0.25, 0.3) is 5.91 Å². The SMILES string of the molecule is C=Cc1ccc(F)c(C(=O)N2CCC(NC(=O)OC(C)(C)C)C2)c1F. The zero-order valence-corrected chi connectivity index (χ0v) is 14.6. The summed E-state index contributed by atoms with van der Waals surface area (Å²) < 4.78 is 33.4. The molecule has 1 unspecified atom stereocenters. The van der Waals surface area contributed by atoms with E-state index in [1.54, 1.807) is 20.8 Å². The molecule has 25 heavy (non-hydrogen) atoms. The van der Waals surface area contributed by atoms with Gasteiger partial charge in [-0.25, -0.2) is 13.6 Å². The van der Waals surface area contributed by atoms with Crippen LogP contribution < -0.4 is 5.32 Å². The monoisotopic (exact) mass is 352 g/mol. The fourth-order valence-corrected chi connectivity index (χ4v) is 2.62. The summed E-state index contributed by atoms with van der Waals surface area (Å²) in [6.45, 7) is 9.13. The van der Waals surface area contributed by atoms with Crippen LogP contribution in [0.3, 0.4) is 0 Å². The average molecular weight is 352 g/mol. The molecule has 0 saturated carbocycles. The van der Waals surface area contributed by atoms with Crippen molar-refractivity contribution >= 4 is 18.1 Å². The summed E-state index contributed by atoms with van der Waals surface area (Å²) in [5.41, 5.74) is -1.17. The van der Waals surface area contributed by atoms with Gasteiger partial charge in [0.05, 0.1) is 6.04 Å². The lowest BCUT2D eigenvalue weighted by Crippen LogP contribution is -2.41. The smallest absolute Gasteiger partial charge is 0.407 e. The number of benzene rings is 1. The number of hydrogen-bond acceptors (Lipinski definition) is 3. The average Bonchev–Trinajstić information content (AvgIpc) is 2.93. The second-order valence-electron chi connectivity index (χ2n) is 6.91. The minimum Gasteiger partial charge on any atom is -0.444 e. The topological polar surface area (TPSA) is 58.6 Å². The fourth-order valence-electron chi connectivity index (χ4n) is 2.62. The van der Waals surface area contributed by atoms with Gasteiger partial charge in [-0.05, 0) is 39.3 Å². The van der Waals surface area contributed by atoms with Crippen molar-refractivity contribution in [2.45, 2.75) is 38.8 Å². The summed E-state index contributed by atoms with van der Waals surface area (Å²) in [7, 11) is 0. The van der Waals surface area contributed by atoms with Gasteiger partial charge in [-0.2, -0.15) is 0 Å². The molecule has 0 aliphatic carbocycles. The molecule has 1 aliphatic rings. The van der Waals surface area contributed by atoms with Crippen molar-refractivity contribution in [2.75, 3.05) is 13.1 Å². The highest BCUT2D eigenvalue weighted by atomic mass is 19.1. The summed E-state index contributed by atoms with van der Waals surface area (Å²) in [4.78, 5) is 25.6. The van der Waals surface area contributed by atoms with E-state index in [9.17, 15) is 18.4 Å². The number of halogens is 2. The van der Waals surface area contributed by atoms with Crippen molar-refractivity contribution in [1.29, 1.82) is 0 Å². The number of hydrogen-bond donors (Lipinski definition) is 1. The van der Waals surface area contributed by atoms with Crippen molar-refractivity contribution in [3.63, 3.8) is 0 Å². The van der Waals surface area contributed by atoms with Gasteiger partial charge in [0.2, 0.25) is 0 Å². The van der Waals surface area contributed by atoms with Crippen molar-refractivity contribution in [1.82, 2.24) is 10.2 Å². The van der Waals surface area contributed by atoms with Gasteiger partial charge in [0.1, 0.15) is 22.8 Å². The third-order valence-corrected chi connectivity index (χ3v) is 3.75. The first-order valence-corrected chi connectivity index (χ1v) is 8.01. The molecule has 1 aromatic rings. The van der Waals surface area contributed by atoms with E-state index in [0.717, 1.165) is 6.07 Å². The van der Waals surface area contributed by atoms with E-state index in [4.69, 9.17) is 4.74 Å². The molecule has 1 saturated heterocycles. The molecule has 2 amide bonds. The zero-order valence-electron chi connectivity index (χ0n) is 14.6. The quantitative estimate of drug-likeness (QED) is 0.908. The van der Waals surface area contributed by atoms with Crippen LogP contribution in [0.5, 0.6) is 0 Å². The van der Waals surface area contributed by atoms with Gasteiger partial charge < -0.3 is 15.0 Å². The number of likely N-dealkylation sites (tertiary alicyclic amines) is 1. The number of nitrogens with zero attached hydrogens (tertiary/aromatic N) is 1. The normalized spacial score (nSPS) is 17.3. The van der Waals surface area contributed by atoms with Crippen LogP contribution in [0.4, 0.5) is 13.6 Å². The molecule has 1 fully saturated rings. The number of nitrogens with one attached hydrogen (secondary N) is 1. The molecule has 7 heteroatoms. The van der Waals surface area contributed by atoms with Crippen molar-refractivity contribution in [2.24, 2.45) is 0 Å². The molecule has 0 radical (unpaired) electrons. The number of rotatable bonds is 3. The summed E-state index contributed by atoms with van der Waals surface area (Å²) >= 11 is 0. The van der Waals surface area contributed by atoms with Gasteiger partial charge in [0, 0.05) is 18.7 Å². The van der Waals surface area contributed by atoms with Crippen LogP contribution in [0.2, 0.25) is 0 Å². The predicted molar refractivity (Wildman–Crippen MR) is 90.1 cm³/mol. The molecule has 5 nitrogen and oxygen atoms in total. The van der Waals surface area contributed by atoms with E-state index in [-0.39, 0.29) is 24.7 Å². The lowest BCUT2D eigenvalue weighted by molar-refractivity contribution is 0.0501. The predicted octanol–water partition coefficient (Wildman–Crippen LogP) is 3.35. The Labute approximate surface area is 145 Å². The first-order chi connectivity index (χ1) is 11.6. The van der Waals surface area contributed by atoms with E-state index in [0.29, 0.717) is 6.42 Å². The van der Waals surface area contributed by atoms with Gasteiger partial charge in [-0.15, -0.1) is 0 Å². The summed E-state index contributed by atoms with van der Waals surface area (Å²) in [5, 5.41) is 2.66. The van der Waals surface area contributed by atoms with Crippen LogP contribution in [-0.4, -0.2) is 41.6 Å². The van der Waals surface area contributed by atoms with Crippen LogP contribution >= 0.6 is 0 Å². The molecule has 2 rings (SSSR count). The highest BCUT2D eigenvalue weighted by molar-refractivity contribution is 5.95. The van der Waals surface area contributed by atoms with E-state index in [2.05, 4.69) is 11.9 Å². The van der Waals surface area contributed by atoms with Crippen LogP contribution in [0.25, 0.3) is 6.08 Å². The molecule has 0 aromatic heterocycles. The van der Waals surface area contributed by atoms with Gasteiger partial charge in [-0.3, -0.25) is 4.79 Å². The van der Waals surface area contributed by atoms with Crippen LogP contribution in [-0.2, 0) is 4.74 Å². The Balaban J connectivity index is 2.06.